The van der Waals surface area contributed by atoms with Gasteiger partial charge in [0.05, 0.1) is 32.8 Å². The topological polar surface area (TPSA) is 48.0 Å². The van der Waals surface area contributed by atoms with Gasteiger partial charge in [-0.1, -0.05) is 42.5 Å². The summed E-state index contributed by atoms with van der Waals surface area (Å²) in [4.78, 5) is 14.3. The lowest BCUT2D eigenvalue weighted by atomic mass is 9.94. The quantitative estimate of drug-likeness (QED) is 0.397. The van der Waals surface area contributed by atoms with Crippen molar-refractivity contribution >= 4 is 11.5 Å². The number of esters is 1. The van der Waals surface area contributed by atoms with E-state index in [2.05, 4.69) is 54.3 Å². The van der Waals surface area contributed by atoms with E-state index >= 15 is 0 Å². The second-order valence-corrected chi connectivity index (χ2v) is 8.13. The molecule has 1 fully saturated rings. The Hall–Kier alpha value is -2.63. The Kier molecular flexibility index (Phi) is 9.32. The molecular formula is C27H35NO4. The Balaban J connectivity index is 1.60. The van der Waals surface area contributed by atoms with Crippen molar-refractivity contribution in [3.63, 3.8) is 0 Å². The largest absolute Gasteiger partial charge is 0.497 e. The van der Waals surface area contributed by atoms with Crippen molar-refractivity contribution in [2.45, 2.75) is 26.7 Å². The van der Waals surface area contributed by atoms with E-state index in [1.807, 2.05) is 19.1 Å². The fourth-order valence-corrected chi connectivity index (χ4v) is 4.18. The van der Waals surface area contributed by atoms with E-state index in [9.17, 15) is 4.79 Å². The standard InChI is InChI=1S/C27H35NO4/c1-4-32-27(29)23-11-8-15-28(20-23)16-18-31-17-14-26(25-13-6-5-9-21(25)2)22-10-7-12-24(19-22)30-3/h5-7,9-10,12-14,19,23H,4,8,11,15-18,20H2,1-3H3. The molecule has 1 heterocycles. The number of aryl methyl sites for hydroxylation is 1. The van der Waals surface area contributed by atoms with Gasteiger partial charge in [-0.25, -0.2) is 0 Å². The molecule has 5 nitrogen and oxygen atoms in total. The van der Waals surface area contributed by atoms with Gasteiger partial charge in [0.25, 0.3) is 0 Å². The van der Waals surface area contributed by atoms with E-state index in [1.54, 1.807) is 7.11 Å². The van der Waals surface area contributed by atoms with Crippen LogP contribution >= 0.6 is 0 Å². The van der Waals surface area contributed by atoms with Crippen molar-refractivity contribution in [2.75, 3.05) is 46.6 Å². The minimum Gasteiger partial charge on any atom is -0.497 e. The summed E-state index contributed by atoms with van der Waals surface area (Å²) in [7, 11) is 1.69. The average molecular weight is 438 g/mol. The number of ether oxygens (including phenoxy) is 3. The summed E-state index contributed by atoms with van der Waals surface area (Å²) in [5.41, 5.74) is 4.66. The molecule has 1 aliphatic heterocycles. The highest BCUT2D eigenvalue weighted by molar-refractivity contribution is 5.81. The van der Waals surface area contributed by atoms with Crippen LogP contribution in [0.5, 0.6) is 5.75 Å². The third-order valence-corrected chi connectivity index (χ3v) is 5.90. The van der Waals surface area contributed by atoms with Crippen LogP contribution in [-0.2, 0) is 14.3 Å². The molecule has 3 rings (SSSR count). The summed E-state index contributed by atoms with van der Waals surface area (Å²) in [5.74, 6) is 0.760. The van der Waals surface area contributed by atoms with Gasteiger partial charge in [0, 0.05) is 13.1 Å². The number of hydrogen-bond donors (Lipinski definition) is 0. The predicted octanol–water partition coefficient (Wildman–Crippen LogP) is 4.73. The molecule has 1 unspecified atom stereocenters. The van der Waals surface area contributed by atoms with Gasteiger partial charge in [0.15, 0.2) is 0 Å². The third-order valence-electron chi connectivity index (χ3n) is 5.90. The molecule has 0 amide bonds. The molecule has 0 bridgehead atoms. The highest BCUT2D eigenvalue weighted by Crippen LogP contribution is 2.28. The molecule has 1 aliphatic rings. The average Bonchev–Trinajstić information content (AvgIpc) is 2.82. The monoisotopic (exact) mass is 437 g/mol. The van der Waals surface area contributed by atoms with Gasteiger partial charge < -0.3 is 19.1 Å². The summed E-state index contributed by atoms with van der Waals surface area (Å²) in [6, 6.07) is 16.5. The number of carbonyl (C=O) groups excluding carboxylic acids is 1. The molecule has 1 saturated heterocycles. The molecule has 0 N–H and O–H groups in total. The molecule has 2 aromatic carbocycles. The lowest BCUT2D eigenvalue weighted by Crippen LogP contribution is -2.40. The lowest BCUT2D eigenvalue weighted by molar-refractivity contribution is -0.150. The summed E-state index contributed by atoms with van der Waals surface area (Å²) in [6.45, 7) is 8.17. The van der Waals surface area contributed by atoms with Gasteiger partial charge in [-0.3, -0.25) is 4.79 Å². The van der Waals surface area contributed by atoms with Crippen LogP contribution in [0.25, 0.3) is 5.57 Å². The van der Waals surface area contributed by atoms with Crippen molar-refractivity contribution in [2.24, 2.45) is 5.92 Å². The van der Waals surface area contributed by atoms with Crippen molar-refractivity contribution in [3.8, 4) is 5.75 Å². The number of benzene rings is 2. The second-order valence-electron chi connectivity index (χ2n) is 8.13. The van der Waals surface area contributed by atoms with Gasteiger partial charge in [0.1, 0.15) is 5.75 Å². The fraction of sp³-hybridized carbons (Fsp3) is 0.444. The van der Waals surface area contributed by atoms with Crippen molar-refractivity contribution in [1.29, 1.82) is 0 Å². The zero-order valence-electron chi connectivity index (χ0n) is 19.5. The molecule has 0 aliphatic carbocycles. The van der Waals surface area contributed by atoms with E-state index in [1.165, 1.54) is 11.1 Å². The van der Waals surface area contributed by atoms with Crippen LogP contribution in [0.3, 0.4) is 0 Å². The first-order valence-corrected chi connectivity index (χ1v) is 11.5. The molecule has 5 heteroatoms. The summed E-state index contributed by atoms with van der Waals surface area (Å²) in [5, 5.41) is 0. The molecule has 172 valence electrons. The van der Waals surface area contributed by atoms with Crippen LogP contribution in [-0.4, -0.2) is 57.4 Å². The van der Waals surface area contributed by atoms with Crippen LogP contribution in [0.2, 0.25) is 0 Å². The van der Waals surface area contributed by atoms with Gasteiger partial charge in [-0.05, 0) is 67.6 Å². The highest BCUT2D eigenvalue weighted by Gasteiger charge is 2.26. The van der Waals surface area contributed by atoms with Crippen molar-refractivity contribution < 1.29 is 19.0 Å². The zero-order chi connectivity index (χ0) is 22.8. The third kappa shape index (κ3) is 6.68. The fourth-order valence-electron chi connectivity index (χ4n) is 4.18. The predicted molar refractivity (Wildman–Crippen MR) is 128 cm³/mol. The van der Waals surface area contributed by atoms with Gasteiger partial charge in [-0.2, -0.15) is 0 Å². The first-order valence-electron chi connectivity index (χ1n) is 11.5. The zero-order valence-corrected chi connectivity index (χ0v) is 19.5. The smallest absolute Gasteiger partial charge is 0.310 e. The second kappa shape index (κ2) is 12.4. The number of piperidine rings is 1. The minimum atomic E-state index is -0.0674. The Labute approximate surface area is 192 Å². The summed E-state index contributed by atoms with van der Waals surface area (Å²) >= 11 is 0. The number of methoxy groups -OCH3 is 1. The molecule has 0 aromatic heterocycles. The Morgan fingerprint density at radius 1 is 1.19 bits per heavy atom. The number of carbonyl (C=O) groups is 1. The molecule has 1 atom stereocenters. The number of rotatable bonds is 10. The maximum Gasteiger partial charge on any atom is 0.310 e. The first-order chi connectivity index (χ1) is 15.6. The highest BCUT2D eigenvalue weighted by atomic mass is 16.5. The van der Waals surface area contributed by atoms with E-state index < -0.39 is 0 Å². The number of likely N-dealkylation sites (tertiary alicyclic amines) is 1. The Morgan fingerprint density at radius 3 is 2.81 bits per heavy atom. The summed E-state index contributed by atoms with van der Waals surface area (Å²) in [6.07, 6.45) is 4.09. The van der Waals surface area contributed by atoms with Crippen molar-refractivity contribution in [1.82, 2.24) is 4.90 Å². The molecule has 0 spiro atoms. The van der Waals surface area contributed by atoms with Crippen LogP contribution < -0.4 is 4.74 Å². The normalized spacial score (nSPS) is 17.2. The van der Waals surface area contributed by atoms with Gasteiger partial charge >= 0.3 is 5.97 Å². The van der Waals surface area contributed by atoms with E-state index in [0.717, 1.165) is 49.4 Å². The number of nitrogens with zero attached hydrogens (tertiary/aromatic N) is 1. The van der Waals surface area contributed by atoms with E-state index in [0.29, 0.717) is 19.8 Å². The SMILES string of the molecule is CCOC(=O)C1CCCN(CCOCC=C(c2cccc(OC)c2)c2ccccc2C)C1. The molecule has 32 heavy (non-hydrogen) atoms. The molecular weight excluding hydrogens is 402 g/mol. The molecule has 0 radical (unpaired) electrons. The minimum absolute atomic E-state index is 0.00989. The van der Waals surface area contributed by atoms with Gasteiger partial charge in [0.2, 0.25) is 0 Å². The number of hydrogen-bond acceptors (Lipinski definition) is 5. The lowest BCUT2D eigenvalue weighted by Gasteiger charge is -2.31. The van der Waals surface area contributed by atoms with E-state index in [4.69, 9.17) is 14.2 Å². The maximum atomic E-state index is 12.0. The van der Waals surface area contributed by atoms with Crippen LogP contribution in [0.4, 0.5) is 0 Å². The maximum absolute atomic E-state index is 12.0. The van der Waals surface area contributed by atoms with Crippen LogP contribution in [0, 0.1) is 12.8 Å². The Morgan fingerprint density at radius 2 is 2.03 bits per heavy atom. The summed E-state index contributed by atoms with van der Waals surface area (Å²) < 4.78 is 16.6. The van der Waals surface area contributed by atoms with Gasteiger partial charge in [-0.15, -0.1) is 0 Å². The Bertz CT molecular complexity index is 908. The van der Waals surface area contributed by atoms with Crippen LogP contribution in [0.1, 0.15) is 36.5 Å². The first kappa shape index (κ1) is 24.0. The molecule has 2 aromatic rings. The molecule has 0 saturated carbocycles. The van der Waals surface area contributed by atoms with Crippen molar-refractivity contribution in [3.05, 3.63) is 71.3 Å². The van der Waals surface area contributed by atoms with Crippen LogP contribution in [0.15, 0.2) is 54.6 Å². The van der Waals surface area contributed by atoms with E-state index in [-0.39, 0.29) is 11.9 Å².